The fourth-order valence-corrected chi connectivity index (χ4v) is 5.14. The monoisotopic (exact) mass is 467 g/mol. The van der Waals surface area contributed by atoms with Crippen LogP contribution in [0.4, 0.5) is 15.9 Å². The zero-order chi connectivity index (χ0) is 22.8. The fraction of sp³-hybridized carbons (Fsp3) is 0.421. The molecule has 0 amide bonds. The fourth-order valence-electron chi connectivity index (χ4n) is 3.54. The van der Waals surface area contributed by atoms with Crippen LogP contribution in [0.3, 0.4) is 0 Å². The van der Waals surface area contributed by atoms with Gasteiger partial charge in [-0.3, -0.25) is 10.1 Å². The van der Waals surface area contributed by atoms with Gasteiger partial charge < -0.3 is 4.90 Å². The molecule has 0 saturated carbocycles. The van der Waals surface area contributed by atoms with Gasteiger partial charge in [0, 0.05) is 18.1 Å². The Labute approximate surface area is 183 Å². The quantitative estimate of drug-likeness (QED) is 0.477. The molecule has 1 fully saturated rings. The second kappa shape index (κ2) is 9.11. The first-order valence-corrected chi connectivity index (χ1v) is 11.5. The molecule has 164 valence electrons. The van der Waals surface area contributed by atoms with Gasteiger partial charge in [0.15, 0.2) is 5.69 Å². The maximum Gasteiger partial charge on any atom is 0.335 e. The second-order valence-electron chi connectivity index (χ2n) is 7.12. The number of aromatic nitrogens is 2. The number of hydrogen-bond donors (Lipinski definition) is 0. The lowest BCUT2D eigenvalue weighted by molar-refractivity contribution is -0.385. The van der Waals surface area contributed by atoms with Crippen LogP contribution in [0, 0.1) is 34.2 Å². The van der Waals surface area contributed by atoms with E-state index < -0.39 is 42.1 Å². The van der Waals surface area contributed by atoms with Crippen molar-refractivity contribution in [1.29, 1.82) is 5.26 Å². The maximum absolute atomic E-state index is 14.4. The molecule has 12 heteroatoms. The van der Waals surface area contributed by atoms with Crippen molar-refractivity contribution in [1.82, 2.24) is 9.97 Å². The van der Waals surface area contributed by atoms with E-state index >= 15 is 0 Å². The van der Waals surface area contributed by atoms with Gasteiger partial charge in [-0.15, -0.1) is 0 Å². The molecule has 2 aromatic rings. The Hall–Kier alpha value is -2.84. The molecule has 0 radical (unpaired) electrons. The van der Waals surface area contributed by atoms with Crippen molar-refractivity contribution in [2.45, 2.75) is 42.8 Å². The Morgan fingerprint density at radius 3 is 2.45 bits per heavy atom. The average molecular weight is 468 g/mol. The highest BCUT2D eigenvalue weighted by molar-refractivity contribution is 7.92. The van der Waals surface area contributed by atoms with Crippen LogP contribution in [0.1, 0.15) is 42.5 Å². The Balaban J connectivity index is 2.22. The molecule has 31 heavy (non-hydrogen) atoms. The van der Waals surface area contributed by atoms with E-state index in [1.54, 1.807) is 11.0 Å². The summed E-state index contributed by atoms with van der Waals surface area (Å²) < 4.78 is 40.6. The second-order valence-corrected chi connectivity index (χ2v) is 9.55. The highest BCUT2D eigenvalue weighted by atomic mass is 35.5. The SMILES string of the molecule is Cc1nc(C(C#N)S(=O)(=O)c2ccc(Cl)cc2F)c([N+](=O)[O-])c(N2CCCCCC2)n1. The van der Waals surface area contributed by atoms with Crippen LogP contribution in [0.5, 0.6) is 0 Å². The zero-order valence-corrected chi connectivity index (χ0v) is 18.2. The van der Waals surface area contributed by atoms with Gasteiger partial charge in [-0.2, -0.15) is 5.26 Å². The first kappa shape index (κ1) is 22.8. The minimum Gasteiger partial charge on any atom is -0.351 e. The van der Waals surface area contributed by atoms with Crippen LogP contribution in [-0.4, -0.2) is 36.4 Å². The van der Waals surface area contributed by atoms with Crippen LogP contribution < -0.4 is 4.90 Å². The molecule has 1 atom stereocenters. The van der Waals surface area contributed by atoms with Gasteiger partial charge in [0.2, 0.25) is 20.9 Å². The summed E-state index contributed by atoms with van der Waals surface area (Å²) in [5.41, 5.74) is -1.23. The summed E-state index contributed by atoms with van der Waals surface area (Å²) in [6.07, 6.45) is 3.52. The average Bonchev–Trinajstić information content (AvgIpc) is 2.96. The number of nitrogens with zero attached hydrogens (tertiary/aromatic N) is 5. The molecule has 2 heterocycles. The molecule has 1 aromatic heterocycles. The van der Waals surface area contributed by atoms with Crippen LogP contribution in [0.2, 0.25) is 5.02 Å². The maximum atomic E-state index is 14.4. The first-order valence-electron chi connectivity index (χ1n) is 9.53. The third kappa shape index (κ3) is 4.60. The topological polar surface area (TPSA) is 130 Å². The number of nitriles is 1. The number of hydrogen-bond acceptors (Lipinski definition) is 8. The zero-order valence-electron chi connectivity index (χ0n) is 16.6. The van der Waals surface area contributed by atoms with Crippen molar-refractivity contribution in [3.63, 3.8) is 0 Å². The van der Waals surface area contributed by atoms with E-state index in [9.17, 15) is 28.2 Å². The molecular weight excluding hydrogens is 449 g/mol. The number of anilines is 1. The molecule has 0 bridgehead atoms. The number of nitro groups is 1. The summed E-state index contributed by atoms with van der Waals surface area (Å²) >= 11 is 5.69. The van der Waals surface area contributed by atoms with Gasteiger partial charge >= 0.3 is 5.69 Å². The van der Waals surface area contributed by atoms with Crippen LogP contribution in [0.25, 0.3) is 0 Å². The lowest BCUT2D eigenvalue weighted by Crippen LogP contribution is -2.28. The van der Waals surface area contributed by atoms with Gasteiger partial charge in [-0.25, -0.2) is 22.8 Å². The first-order chi connectivity index (χ1) is 14.7. The molecule has 0 aliphatic carbocycles. The van der Waals surface area contributed by atoms with Crippen molar-refractivity contribution in [2.75, 3.05) is 18.0 Å². The lowest BCUT2D eigenvalue weighted by Gasteiger charge is -2.22. The molecule has 0 spiro atoms. The smallest absolute Gasteiger partial charge is 0.335 e. The van der Waals surface area contributed by atoms with E-state index in [4.69, 9.17) is 11.6 Å². The molecule has 1 aromatic carbocycles. The molecule has 1 aliphatic heterocycles. The summed E-state index contributed by atoms with van der Waals surface area (Å²) in [5.74, 6) is -1.11. The summed E-state index contributed by atoms with van der Waals surface area (Å²) in [6.45, 7) is 2.47. The number of aryl methyl sites for hydroxylation is 1. The summed E-state index contributed by atoms with van der Waals surface area (Å²) in [5, 5.41) is 19.5. The number of sulfone groups is 1. The third-order valence-electron chi connectivity index (χ3n) is 4.97. The normalized spacial score (nSPS) is 15.7. The highest BCUT2D eigenvalue weighted by Gasteiger charge is 2.40. The van der Waals surface area contributed by atoms with Crippen molar-refractivity contribution >= 4 is 32.9 Å². The Bertz CT molecular complexity index is 1160. The molecule has 0 N–H and O–H groups in total. The van der Waals surface area contributed by atoms with E-state index in [-0.39, 0.29) is 16.7 Å². The van der Waals surface area contributed by atoms with Gasteiger partial charge in [0.1, 0.15) is 16.5 Å². The highest BCUT2D eigenvalue weighted by Crippen LogP contribution is 2.39. The summed E-state index contributed by atoms with van der Waals surface area (Å²) in [6, 6.07) is 4.44. The molecular formula is C19H19ClFN5O4S. The van der Waals surface area contributed by atoms with Crippen molar-refractivity contribution in [3.05, 3.63) is 50.7 Å². The minimum atomic E-state index is -4.69. The van der Waals surface area contributed by atoms with Gasteiger partial charge in [-0.1, -0.05) is 24.4 Å². The Morgan fingerprint density at radius 2 is 1.90 bits per heavy atom. The Morgan fingerprint density at radius 1 is 1.26 bits per heavy atom. The standard InChI is InChI=1S/C19H19ClFN5O4S/c1-12-23-17(16(11-22)31(29,30)15-7-6-13(20)10-14(15)21)18(26(27)28)19(24-12)25-8-4-2-3-5-9-25/h6-7,10,16H,2-5,8-9H2,1H3. The van der Waals surface area contributed by atoms with E-state index in [0.717, 1.165) is 43.9 Å². The van der Waals surface area contributed by atoms with Gasteiger partial charge in [0.25, 0.3) is 0 Å². The predicted molar refractivity (Wildman–Crippen MR) is 111 cm³/mol. The van der Waals surface area contributed by atoms with Crippen molar-refractivity contribution in [2.24, 2.45) is 0 Å². The van der Waals surface area contributed by atoms with Crippen molar-refractivity contribution < 1.29 is 17.7 Å². The Kier molecular flexibility index (Phi) is 6.71. The van der Waals surface area contributed by atoms with E-state index in [1.807, 2.05) is 0 Å². The lowest BCUT2D eigenvalue weighted by atomic mass is 10.2. The van der Waals surface area contributed by atoms with Crippen LogP contribution in [0.15, 0.2) is 23.1 Å². The van der Waals surface area contributed by atoms with E-state index in [0.29, 0.717) is 13.1 Å². The largest absolute Gasteiger partial charge is 0.351 e. The number of benzene rings is 1. The molecule has 1 unspecified atom stereocenters. The van der Waals surface area contributed by atoms with E-state index in [1.165, 1.54) is 6.92 Å². The van der Waals surface area contributed by atoms with Crippen LogP contribution >= 0.6 is 11.6 Å². The third-order valence-corrected chi connectivity index (χ3v) is 7.10. The molecule has 1 aliphatic rings. The molecule has 1 saturated heterocycles. The minimum absolute atomic E-state index is 0.0265. The van der Waals surface area contributed by atoms with E-state index in [2.05, 4.69) is 9.97 Å². The van der Waals surface area contributed by atoms with Crippen molar-refractivity contribution in [3.8, 4) is 6.07 Å². The van der Waals surface area contributed by atoms with Gasteiger partial charge in [0.05, 0.1) is 11.0 Å². The summed E-state index contributed by atoms with van der Waals surface area (Å²) in [4.78, 5) is 20.3. The molecule has 3 rings (SSSR count). The number of halogens is 2. The molecule has 9 nitrogen and oxygen atoms in total. The summed E-state index contributed by atoms with van der Waals surface area (Å²) in [7, 11) is -4.69. The van der Waals surface area contributed by atoms with Crippen LogP contribution in [-0.2, 0) is 9.84 Å². The number of rotatable bonds is 5. The van der Waals surface area contributed by atoms with Gasteiger partial charge in [-0.05, 0) is 38.0 Å². The predicted octanol–water partition coefficient (Wildman–Crippen LogP) is 3.90.